The Balaban J connectivity index is 2.39. The summed E-state index contributed by atoms with van der Waals surface area (Å²) in [6.07, 6.45) is 1.64. The van der Waals surface area contributed by atoms with Crippen LogP contribution in [0.4, 0.5) is 0 Å². The van der Waals surface area contributed by atoms with Crippen molar-refractivity contribution < 1.29 is 0 Å². The predicted molar refractivity (Wildman–Crippen MR) is 76.2 cm³/mol. The van der Waals surface area contributed by atoms with Crippen LogP contribution in [0.25, 0.3) is 0 Å². The summed E-state index contributed by atoms with van der Waals surface area (Å²) in [4.78, 5) is 4.35. The van der Waals surface area contributed by atoms with Crippen molar-refractivity contribution in [1.29, 1.82) is 0 Å². The van der Waals surface area contributed by atoms with E-state index >= 15 is 0 Å². The number of pyridine rings is 1. The minimum atomic E-state index is -0.0418. The number of nitrogens with zero attached hydrogens (tertiary/aromatic N) is 1. The van der Waals surface area contributed by atoms with E-state index in [0.29, 0.717) is 10.0 Å². The lowest BCUT2D eigenvalue weighted by Gasteiger charge is -2.21. The molecule has 0 radical (unpaired) electrons. The summed E-state index contributed by atoms with van der Waals surface area (Å²) in [6, 6.07) is 11.4. The van der Waals surface area contributed by atoms with Gasteiger partial charge in [-0.3, -0.25) is 4.98 Å². The second kappa shape index (κ2) is 5.70. The Morgan fingerprint density at radius 2 is 1.61 bits per heavy atom. The second-order valence-corrected chi connectivity index (χ2v) is 5.16. The molecule has 2 unspecified atom stereocenters. The Morgan fingerprint density at radius 1 is 1.00 bits per heavy atom. The molecule has 0 saturated heterocycles. The summed E-state index contributed by atoms with van der Waals surface area (Å²) < 4.78 is 0. The quantitative estimate of drug-likeness (QED) is 0.927. The molecule has 1 heterocycles. The fourth-order valence-electron chi connectivity index (χ4n) is 1.99. The van der Waals surface area contributed by atoms with Gasteiger partial charge in [-0.25, -0.2) is 0 Å². The van der Waals surface area contributed by atoms with E-state index in [9.17, 15) is 0 Å². The summed E-state index contributed by atoms with van der Waals surface area (Å²) in [7, 11) is 0. The van der Waals surface area contributed by atoms with Gasteiger partial charge in [-0.05, 0) is 36.8 Å². The number of benzene rings is 1. The number of nitrogens with two attached hydrogens (primary N) is 1. The summed E-state index contributed by atoms with van der Waals surface area (Å²) in [5.74, 6) is 0.0412. The molecule has 0 saturated carbocycles. The third-order valence-electron chi connectivity index (χ3n) is 2.82. The molecule has 0 fully saturated rings. The minimum absolute atomic E-state index is 0.0412. The lowest BCUT2D eigenvalue weighted by atomic mass is 9.89. The van der Waals surface area contributed by atoms with Crippen molar-refractivity contribution in [3.05, 3.63) is 63.9 Å². The van der Waals surface area contributed by atoms with Gasteiger partial charge in [-0.2, -0.15) is 0 Å². The van der Waals surface area contributed by atoms with Crippen LogP contribution in [0.2, 0.25) is 10.0 Å². The van der Waals surface area contributed by atoms with Gasteiger partial charge >= 0.3 is 0 Å². The molecule has 1 aromatic carbocycles. The van der Waals surface area contributed by atoms with Crippen molar-refractivity contribution >= 4 is 23.2 Å². The highest BCUT2D eigenvalue weighted by molar-refractivity contribution is 6.30. The summed E-state index contributed by atoms with van der Waals surface area (Å²) in [5.41, 5.74) is 8.09. The van der Waals surface area contributed by atoms with Crippen LogP contribution in [0, 0.1) is 0 Å². The van der Waals surface area contributed by atoms with Gasteiger partial charge in [0.25, 0.3) is 0 Å². The third kappa shape index (κ3) is 3.02. The highest BCUT2D eigenvalue weighted by atomic mass is 35.5. The Hall–Kier alpha value is -1.09. The van der Waals surface area contributed by atoms with Gasteiger partial charge in [0.05, 0.1) is 5.02 Å². The zero-order valence-corrected chi connectivity index (χ0v) is 11.5. The van der Waals surface area contributed by atoms with E-state index < -0.39 is 0 Å². The van der Waals surface area contributed by atoms with Gasteiger partial charge in [0.15, 0.2) is 0 Å². The van der Waals surface area contributed by atoms with Crippen LogP contribution in [0.1, 0.15) is 24.1 Å². The van der Waals surface area contributed by atoms with Gasteiger partial charge in [-0.1, -0.05) is 35.3 Å². The van der Waals surface area contributed by atoms with Gasteiger partial charge < -0.3 is 5.73 Å². The van der Waals surface area contributed by atoms with Crippen LogP contribution < -0.4 is 5.73 Å². The lowest BCUT2D eigenvalue weighted by Crippen LogP contribution is -2.26. The van der Waals surface area contributed by atoms with Crippen LogP contribution in [0.15, 0.2) is 42.6 Å². The SMILES string of the molecule is CC(N)C(c1ccc(Cl)cc1)c1ccc(Cl)cn1. The van der Waals surface area contributed by atoms with Crippen LogP contribution in [-0.4, -0.2) is 11.0 Å². The molecule has 2 nitrogen and oxygen atoms in total. The van der Waals surface area contributed by atoms with Gasteiger partial charge in [-0.15, -0.1) is 0 Å². The first-order valence-electron chi connectivity index (χ1n) is 5.70. The van der Waals surface area contributed by atoms with Crippen molar-refractivity contribution in [3.8, 4) is 0 Å². The Labute approximate surface area is 117 Å². The normalized spacial score (nSPS) is 14.2. The topological polar surface area (TPSA) is 38.9 Å². The molecule has 1 aromatic heterocycles. The van der Waals surface area contributed by atoms with Crippen molar-refractivity contribution in [2.75, 3.05) is 0 Å². The predicted octanol–water partition coefficient (Wildman–Crippen LogP) is 3.87. The van der Waals surface area contributed by atoms with Crippen LogP contribution in [0.3, 0.4) is 0 Å². The van der Waals surface area contributed by atoms with Gasteiger partial charge in [0, 0.05) is 28.9 Å². The number of hydrogen-bond donors (Lipinski definition) is 1. The van der Waals surface area contributed by atoms with E-state index in [1.54, 1.807) is 6.20 Å². The first-order chi connectivity index (χ1) is 8.58. The van der Waals surface area contributed by atoms with E-state index in [2.05, 4.69) is 4.98 Å². The van der Waals surface area contributed by atoms with Crippen molar-refractivity contribution in [2.45, 2.75) is 18.9 Å². The van der Waals surface area contributed by atoms with E-state index in [1.165, 1.54) is 0 Å². The third-order valence-corrected chi connectivity index (χ3v) is 3.30. The molecule has 2 aromatic rings. The van der Waals surface area contributed by atoms with Crippen molar-refractivity contribution in [3.63, 3.8) is 0 Å². The molecule has 0 aliphatic heterocycles. The average Bonchev–Trinajstić information content (AvgIpc) is 2.34. The largest absolute Gasteiger partial charge is 0.327 e. The Bertz CT molecular complexity index is 461. The number of hydrogen-bond acceptors (Lipinski definition) is 2. The molecule has 2 atom stereocenters. The standard InChI is InChI=1S/C14H14Cl2N2/c1-9(17)14(10-2-4-11(15)5-3-10)13-7-6-12(16)8-18-13/h2-9,14H,17H2,1H3. The van der Waals surface area contributed by atoms with E-state index in [4.69, 9.17) is 28.9 Å². The number of aromatic nitrogens is 1. The molecular formula is C14H14Cl2N2. The van der Waals surface area contributed by atoms with E-state index in [-0.39, 0.29) is 12.0 Å². The van der Waals surface area contributed by atoms with Crippen LogP contribution in [-0.2, 0) is 0 Å². The molecule has 0 bridgehead atoms. The van der Waals surface area contributed by atoms with Gasteiger partial charge in [0.1, 0.15) is 0 Å². The molecular weight excluding hydrogens is 267 g/mol. The molecule has 0 aliphatic rings. The summed E-state index contributed by atoms with van der Waals surface area (Å²) in [5, 5.41) is 1.34. The summed E-state index contributed by atoms with van der Waals surface area (Å²) >= 11 is 11.7. The highest BCUT2D eigenvalue weighted by Gasteiger charge is 2.19. The smallest absolute Gasteiger partial charge is 0.0589 e. The minimum Gasteiger partial charge on any atom is -0.327 e. The molecule has 0 aliphatic carbocycles. The monoisotopic (exact) mass is 280 g/mol. The van der Waals surface area contributed by atoms with Crippen molar-refractivity contribution in [1.82, 2.24) is 4.98 Å². The van der Waals surface area contributed by atoms with Gasteiger partial charge in [0.2, 0.25) is 0 Å². The van der Waals surface area contributed by atoms with Crippen LogP contribution >= 0.6 is 23.2 Å². The second-order valence-electron chi connectivity index (χ2n) is 4.29. The maximum Gasteiger partial charge on any atom is 0.0589 e. The Kier molecular flexibility index (Phi) is 4.23. The maximum absolute atomic E-state index is 6.07. The molecule has 2 N–H and O–H groups in total. The van der Waals surface area contributed by atoms with Crippen molar-refractivity contribution in [2.24, 2.45) is 5.73 Å². The first kappa shape index (κ1) is 13.3. The highest BCUT2D eigenvalue weighted by Crippen LogP contribution is 2.27. The maximum atomic E-state index is 6.07. The Morgan fingerprint density at radius 3 is 2.11 bits per heavy atom. The molecule has 2 rings (SSSR count). The number of rotatable bonds is 3. The molecule has 0 spiro atoms. The lowest BCUT2D eigenvalue weighted by molar-refractivity contribution is 0.630. The number of halogens is 2. The zero-order chi connectivity index (χ0) is 13.1. The van der Waals surface area contributed by atoms with E-state index in [1.807, 2.05) is 43.3 Å². The van der Waals surface area contributed by atoms with Crippen LogP contribution in [0.5, 0.6) is 0 Å². The first-order valence-corrected chi connectivity index (χ1v) is 6.46. The molecule has 4 heteroatoms. The fourth-order valence-corrected chi connectivity index (χ4v) is 2.22. The zero-order valence-electron chi connectivity index (χ0n) is 9.98. The molecule has 0 amide bonds. The van der Waals surface area contributed by atoms with E-state index in [0.717, 1.165) is 11.3 Å². The molecule has 94 valence electrons. The average molecular weight is 281 g/mol. The fraction of sp³-hybridized carbons (Fsp3) is 0.214. The molecule has 18 heavy (non-hydrogen) atoms. The summed E-state index contributed by atoms with van der Waals surface area (Å²) in [6.45, 7) is 1.97.